The van der Waals surface area contributed by atoms with Crippen molar-refractivity contribution in [3.8, 4) is 0 Å². The average Bonchev–Trinajstić information content (AvgIpc) is 2.98. The summed E-state index contributed by atoms with van der Waals surface area (Å²) in [5.74, 6) is -0.104. The predicted molar refractivity (Wildman–Crippen MR) is 77.4 cm³/mol. The van der Waals surface area contributed by atoms with E-state index in [2.05, 4.69) is 10.4 Å². The summed E-state index contributed by atoms with van der Waals surface area (Å²) in [4.78, 5) is 12.1. The normalized spacial score (nSPS) is 12.1. The Morgan fingerprint density at radius 1 is 1.45 bits per heavy atom. The molecular formula is C15H19N3O2. The topological polar surface area (TPSA) is 67.2 Å². The molecule has 2 rings (SSSR count). The first-order valence-electron chi connectivity index (χ1n) is 6.70. The Labute approximate surface area is 118 Å². The fourth-order valence-corrected chi connectivity index (χ4v) is 1.96. The molecule has 1 unspecified atom stereocenters. The van der Waals surface area contributed by atoms with Gasteiger partial charge in [-0.25, -0.2) is 0 Å². The lowest BCUT2D eigenvalue weighted by Gasteiger charge is -2.13. The zero-order valence-corrected chi connectivity index (χ0v) is 11.5. The second-order valence-corrected chi connectivity index (χ2v) is 4.68. The van der Waals surface area contributed by atoms with Gasteiger partial charge in [-0.3, -0.25) is 9.48 Å². The third-order valence-electron chi connectivity index (χ3n) is 3.12. The van der Waals surface area contributed by atoms with Crippen LogP contribution in [0, 0.1) is 0 Å². The Morgan fingerprint density at radius 2 is 2.30 bits per heavy atom. The molecular weight excluding hydrogens is 254 g/mol. The third-order valence-corrected chi connectivity index (χ3v) is 3.12. The lowest BCUT2D eigenvalue weighted by Crippen LogP contribution is -2.24. The average molecular weight is 273 g/mol. The lowest BCUT2D eigenvalue weighted by atomic mass is 10.1. The number of aryl methyl sites for hydroxylation is 1. The number of amides is 1. The largest absolute Gasteiger partial charge is 0.396 e. The highest BCUT2D eigenvalue weighted by Gasteiger charge is 2.14. The highest BCUT2D eigenvalue weighted by atomic mass is 16.2. The molecule has 1 aromatic carbocycles. The minimum atomic E-state index is -0.355. The summed E-state index contributed by atoms with van der Waals surface area (Å²) >= 11 is 0. The van der Waals surface area contributed by atoms with Crippen LogP contribution in [0.2, 0.25) is 0 Å². The van der Waals surface area contributed by atoms with Gasteiger partial charge in [0.1, 0.15) is 6.04 Å². The molecule has 0 aliphatic rings. The van der Waals surface area contributed by atoms with Crippen molar-refractivity contribution in [2.24, 2.45) is 0 Å². The van der Waals surface area contributed by atoms with Crippen LogP contribution in [0.3, 0.4) is 0 Å². The molecule has 2 N–H and O–H groups in total. The van der Waals surface area contributed by atoms with Crippen molar-refractivity contribution >= 4 is 11.6 Å². The quantitative estimate of drug-likeness (QED) is 0.846. The number of aliphatic hydroxyl groups is 1. The highest BCUT2D eigenvalue weighted by Crippen LogP contribution is 2.14. The van der Waals surface area contributed by atoms with E-state index in [1.807, 2.05) is 24.3 Å². The Bertz CT molecular complexity index is 552. The zero-order valence-electron chi connectivity index (χ0n) is 11.5. The Kier molecular flexibility index (Phi) is 4.90. The fraction of sp³-hybridized carbons (Fsp3) is 0.333. The second kappa shape index (κ2) is 6.86. The molecule has 1 atom stereocenters. The zero-order chi connectivity index (χ0) is 14.4. The van der Waals surface area contributed by atoms with Gasteiger partial charge < -0.3 is 10.4 Å². The molecule has 20 heavy (non-hydrogen) atoms. The van der Waals surface area contributed by atoms with Crippen molar-refractivity contribution in [2.45, 2.75) is 25.8 Å². The molecule has 106 valence electrons. The van der Waals surface area contributed by atoms with Crippen molar-refractivity contribution in [1.29, 1.82) is 0 Å². The maximum absolute atomic E-state index is 12.1. The number of nitrogens with one attached hydrogen (secondary N) is 1. The van der Waals surface area contributed by atoms with E-state index in [9.17, 15) is 4.79 Å². The van der Waals surface area contributed by atoms with Gasteiger partial charge in [-0.1, -0.05) is 12.1 Å². The van der Waals surface area contributed by atoms with Gasteiger partial charge in [-0.05, 0) is 43.5 Å². The van der Waals surface area contributed by atoms with E-state index in [0.717, 1.165) is 24.1 Å². The number of benzene rings is 1. The minimum absolute atomic E-state index is 0.104. The van der Waals surface area contributed by atoms with Crippen molar-refractivity contribution in [2.75, 3.05) is 11.9 Å². The van der Waals surface area contributed by atoms with Crippen LogP contribution < -0.4 is 5.32 Å². The molecule has 0 fully saturated rings. The molecule has 0 aliphatic carbocycles. The lowest BCUT2D eigenvalue weighted by molar-refractivity contribution is -0.119. The van der Waals surface area contributed by atoms with Gasteiger partial charge in [0.05, 0.1) is 0 Å². The standard InChI is InChI=1S/C15H19N3O2/c1-12(18-9-4-8-16-18)15(20)17-14-7-2-5-13(11-14)6-3-10-19/h2,4-5,7-9,11-12,19H,3,6,10H2,1H3,(H,17,20). The van der Waals surface area contributed by atoms with Crippen molar-refractivity contribution in [3.63, 3.8) is 0 Å². The van der Waals surface area contributed by atoms with Crippen LogP contribution in [0.25, 0.3) is 0 Å². The van der Waals surface area contributed by atoms with Gasteiger partial charge >= 0.3 is 0 Å². The Morgan fingerprint density at radius 3 is 3.00 bits per heavy atom. The van der Waals surface area contributed by atoms with E-state index in [1.54, 1.807) is 30.1 Å². The van der Waals surface area contributed by atoms with Crippen molar-refractivity contribution < 1.29 is 9.90 Å². The number of carbonyl (C=O) groups is 1. The van der Waals surface area contributed by atoms with E-state index in [-0.39, 0.29) is 18.6 Å². The Balaban J connectivity index is 2.00. The monoisotopic (exact) mass is 273 g/mol. The molecule has 2 aromatic rings. The highest BCUT2D eigenvalue weighted by molar-refractivity contribution is 5.93. The summed E-state index contributed by atoms with van der Waals surface area (Å²) in [5.41, 5.74) is 1.87. The van der Waals surface area contributed by atoms with E-state index in [0.29, 0.717) is 0 Å². The SMILES string of the molecule is CC(C(=O)Nc1cccc(CCCO)c1)n1cccn1. The molecule has 1 aromatic heterocycles. The summed E-state index contributed by atoms with van der Waals surface area (Å²) < 4.78 is 1.62. The van der Waals surface area contributed by atoms with Crippen LogP contribution in [-0.2, 0) is 11.2 Å². The number of nitrogens with zero attached hydrogens (tertiary/aromatic N) is 2. The second-order valence-electron chi connectivity index (χ2n) is 4.68. The van der Waals surface area contributed by atoms with Crippen molar-refractivity contribution in [3.05, 3.63) is 48.3 Å². The Hall–Kier alpha value is -2.14. The van der Waals surface area contributed by atoms with Gasteiger partial charge in [-0.15, -0.1) is 0 Å². The van der Waals surface area contributed by atoms with Gasteiger partial charge in [-0.2, -0.15) is 5.10 Å². The summed E-state index contributed by atoms with van der Waals surface area (Å²) in [7, 11) is 0. The van der Waals surface area contributed by atoms with Crippen LogP contribution in [0.1, 0.15) is 24.9 Å². The maximum atomic E-state index is 12.1. The van der Waals surface area contributed by atoms with Gasteiger partial charge in [0.2, 0.25) is 5.91 Å². The van der Waals surface area contributed by atoms with Gasteiger partial charge in [0.25, 0.3) is 0 Å². The van der Waals surface area contributed by atoms with Crippen LogP contribution in [0.4, 0.5) is 5.69 Å². The molecule has 1 heterocycles. The van der Waals surface area contributed by atoms with Gasteiger partial charge in [0, 0.05) is 24.7 Å². The first kappa shape index (κ1) is 14.3. The first-order valence-corrected chi connectivity index (χ1v) is 6.70. The molecule has 0 saturated heterocycles. The molecule has 5 heteroatoms. The van der Waals surface area contributed by atoms with Crippen LogP contribution >= 0.6 is 0 Å². The predicted octanol–water partition coefficient (Wildman–Crippen LogP) is 2.01. The van der Waals surface area contributed by atoms with E-state index < -0.39 is 0 Å². The van der Waals surface area contributed by atoms with E-state index in [1.165, 1.54) is 0 Å². The number of carbonyl (C=O) groups excluding carboxylic acids is 1. The number of hydrogen-bond donors (Lipinski definition) is 2. The van der Waals surface area contributed by atoms with Crippen molar-refractivity contribution in [1.82, 2.24) is 9.78 Å². The molecule has 0 radical (unpaired) electrons. The van der Waals surface area contributed by atoms with Crippen LogP contribution in [0.15, 0.2) is 42.7 Å². The summed E-state index contributed by atoms with van der Waals surface area (Å²) in [6.45, 7) is 1.98. The van der Waals surface area contributed by atoms with E-state index >= 15 is 0 Å². The number of aliphatic hydroxyl groups excluding tert-OH is 1. The maximum Gasteiger partial charge on any atom is 0.248 e. The molecule has 0 spiro atoms. The van der Waals surface area contributed by atoms with E-state index in [4.69, 9.17) is 5.11 Å². The molecule has 5 nitrogen and oxygen atoms in total. The molecule has 1 amide bonds. The minimum Gasteiger partial charge on any atom is -0.396 e. The molecule has 0 bridgehead atoms. The summed E-state index contributed by atoms with van der Waals surface area (Å²) in [6, 6.07) is 9.12. The summed E-state index contributed by atoms with van der Waals surface area (Å²) in [5, 5.41) is 15.8. The molecule has 0 saturated carbocycles. The number of aromatic nitrogens is 2. The number of rotatable bonds is 6. The summed E-state index contributed by atoms with van der Waals surface area (Å²) in [6.07, 6.45) is 4.94. The number of hydrogen-bond acceptors (Lipinski definition) is 3. The smallest absolute Gasteiger partial charge is 0.248 e. The number of anilines is 1. The first-order chi connectivity index (χ1) is 9.70. The van der Waals surface area contributed by atoms with Crippen LogP contribution in [0.5, 0.6) is 0 Å². The van der Waals surface area contributed by atoms with Gasteiger partial charge in [0.15, 0.2) is 0 Å². The van der Waals surface area contributed by atoms with Crippen LogP contribution in [-0.4, -0.2) is 27.4 Å². The molecule has 0 aliphatic heterocycles. The fourth-order valence-electron chi connectivity index (χ4n) is 1.96. The third kappa shape index (κ3) is 3.68.